The van der Waals surface area contributed by atoms with E-state index in [1.165, 1.54) is 0 Å². The number of hydrogen-bond donors (Lipinski definition) is 5. The second-order valence-corrected chi connectivity index (χ2v) is 5.07. The van der Waals surface area contributed by atoms with E-state index >= 15 is 0 Å². The number of ether oxygens (including phenoxy) is 1. The van der Waals surface area contributed by atoms with Crippen LogP contribution in [0.1, 0.15) is 13.3 Å². The number of carboxylic acid groups (broad SMARTS) is 2. The molecule has 1 aliphatic rings. The van der Waals surface area contributed by atoms with Crippen molar-refractivity contribution in [1.82, 2.24) is 0 Å². The summed E-state index contributed by atoms with van der Waals surface area (Å²) in [6.07, 6.45) is -0.802. The van der Waals surface area contributed by atoms with Crippen molar-refractivity contribution < 1.29 is 35.1 Å². The molecule has 0 atom stereocenters. The summed E-state index contributed by atoms with van der Waals surface area (Å²) >= 11 is 1.55. The van der Waals surface area contributed by atoms with Crippen LogP contribution in [0.5, 0.6) is 0 Å². The van der Waals surface area contributed by atoms with Crippen molar-refractivity contribution in [2.24, 2.45) is 5.41 Å². The fraction of sp³-hybridized carbons (Fsp3) is 0.909. The molecule has 0 unspecified atom stereocenters. The number of hydrogen-bond acceptors (Lipinski definition) is 6. The van der Waals surface area contributed by atoms with Crippen molar-refractivity contribution in [3.63, 3.8) is 0 Å². The number of aliphatic hydroxyl groups is 3. The Morgan fingerprint density at radius 1 is 1.16 bits per heavy atom. The highest BCUT2D eigenvalue weighted by Gasteiger charge is 2.35. The van der Waals surface area contributed by atoms with E-state index in [0.29, 0.717) is 0 Å². The molecule has 8 heteroatoms. The van der Waals surface area contributed by atoms with Gasteiger partial charge in [-0.25, -0.2) is 4.79 Å². The van der Waals surface area contributed by atoms with Crippen molar-refractivity contribution in [3.05, 3.63) is 0 Å². The van der Waals surface area contributed by atoms with Crippen LogP contribution < -0.4 is 0 Å². The third-order valence-electron chi connectivity index (χ3n) is 2.37. The first-order valence-corrected chi connectivity index (χ1v) is 7.03. The van der Waals surface area contributed by atoms with Crippen molar-refractivity contribution in [2.75, 3.05) is 44.5 Å². The Morgan fingerprint density at radius 3 is 1.68 bits per heavy atom. The van der Waals surface area contributed by atoms with Gasteiger partial charge in [-0.1, -0.05) is 6.92 Å². The Morgan fingerprint density at radius 2 is 1.58 bits per heavy atom. The highest BCUT2D eigenvalue weighted by Crippen LogP contribution is 2.29. The molecule has 0 aromatic heterocycles. The van der Waals surface area contributed by atoms with Crippen LogP contribution in [0.2, 0.25) is 0 Å². The molecule has 5 N–H and O–H groups in total. The summed E-state index contributed by atoms with van der Waals surface area (Å²) in [7, 11) is 0. The smallest absolute Gasteiger partial charge is 0.450 e. The van der Waals surface area contributed by atoms with E-state index < -0.39 is 6.16 Å². The van der Waals surface area contributed by atoms with Crippen LogP contribution in [0.15, 0.2) is 0 Å². The average molecular weight is 300 g/mol. The highest BCUT2D eigenvalue weighted by molar-refractivity contribution is 7.99. The third-order valence-corrected chi connectivity index (χ3v) is 3.32. The second-order valence-electron chi connectivity index (χ2n) is 3.85. The molecule has 116 valence electrons. The van der Waals surface area contributed by atoms with Gasteiger partial charge in [0.1, 0.15) is 0 Å². The Hall–Kier alpha value is -0.540. The molecule has 0 aliphatic carbocycles. The zero-order valence-electron chi connectivity index (χ0n) is 11.1. The number of rotatable bonds is 6. The molecule has 19 heavy (non-hydrogen) atoms. The molecule has 0 bridgehead atoms. The first-order valence-electron chi connectivity index (χ1n) is 5.88. The van der Waals surface area contributed by atoms with Crippen LogP contribution in [0.4, 0.5) is 4.79 Å². The van der Waals surface area contributed by atoms with E-state index in [-0.39, 0.29) is 25.2 Å². The quantitative estimate of drug-likeness (QED) is 0.444. The minimum Gasteiger partial charge on any atom is -0.450 e. The monoisotopic (exact) mass is 300 g/mol. The summed E-state index contributed by atoms with van der Waals surface area (Å²) < 4.78 is 4.96. The fourth-order valence-electron chi connectivity index (χ4n) is 1.03. The maximum Gasteiger partial charge on any atom is 0.503 e. The predicted octanol–water partition coefficient (Wildman–Crippen LogP) is 0.332. The second kappa shape index (κ2) is 13.9. The summed E-state index contributed by atoms with van der Waals surface area (Å²) in [6, 6.07) is 0. The van der Waals surface area contributed by atoms with E-state index in [2.05, 4.69) is 6.92 Å². The Kier molecular flexibility index (Phi) is 15.2. The largest absolute Gasteiger partial charge is 0.503 e. The summed E-state index contributed by atoms with van der Waals surface area (Å²) in [5, 5.41) is 39.1. The lowest BCUT2D eigenvalue weighted by Crippen LogP contribution is -2.44. The Balaban J connectivity index is 0. The molecule has 0 spiro atoms. The molecule has 0 aromatic carbocycles. The van der Waals surface area contributed by atoms with Crippen molar-refractivity contribution >= 4 is 17.9 Å². The van der Waals surface area contributed by atoms with Crippen LogP contribution in [-0.2, 0) is 4.74 Å². The Labute approximate surface area is 117 Å². The van der Waals surface area contributed by atoms with E-state index in [9.17, 15) is 0 Å². The van der Waals surface area contributed by atoms with Crippen molar-refractivity contribution in [1.29, 1.82) is 0 Å². The molecule has 1 heterocycles. The maximum absolute atomic E-state index is 8.76. The van der Waals surface area contributed by atoms with Crippen LogP contribution in [0.3, 0.4) is 0 Å². The highest BCUT2D eigenvalue weighted by atomic mass is 32.2. The summed E-state index contributed by atoms with van der Waals surface area (Å²) in [4.78, 5) is 8.56. The van der Waals surface area contributed by atoms with Crippen molar-refractivity contribution in [3.8, 4) is 0 Å². The van der Waals surface area contributed by atoms with Gasteiger partial charge in [0.15, 0.2) is 0 Å². The first-order chi connectivity index (χ1) is 8.97. The van der Waals surface area contributed by atoms with E-state index in [1.54, 1.807) is 11.8 Å². The molecule has 0 aromatic rings. The standard InChI is InChI=1S/C6H12O2.C4H10O2S.CH2O3/c1-2-6(3-7)4-8-5-6;5-1-3-7-4-2-6;2-1(3)4/h7H,2-5H2,1H3;5-6H,1-4H2;(H2,2,3,4). The number of aliphatic hydroxyl groups excluding tert-OH is 3. The summed E-state index contributed by atoms with van der Waals surface area (Å²) in [5.41, 5.74) is 0.139. The molecule has 1 rings (SSSR count). The van der Waals surface area contributed by atoms with Crippen LogP contribution in [0.25, 0.3) is 0 Å². The lowest BCUT2D eigenvalue weighted by Gasteiger charge is -2.38. The summed E-state index contributed by atoms with van der Waals surface area (Å²) in [5.74, 6) is 1.47. The predicted molar refractivity (Wildman–Crippen MR) is 72.8 cm³/mol. The maximum atomic E-state index is 8.76. The van der Waals surface area contributed by atoms with Crippen LogP contribution >= 0.6 is 11.8 Å². The lowest BCUT2D eigenvalue weighted by molar-refractivity contribution is -0.138. The Bertz CT molecular complexity index is 188. The van der Waals surface area contributed by atoms with Gasteiger partial charge in [-0.15, -0.1) is 0 Å². The third kappa shape index (κ3) is 13.7. The molecule has 0 radical (unpaired) electrons. The topological polar surface area (TPSA) is 127 Å². The van der Waals surface area contributed by atoms with Gasteiger partial charge in [0.25, 0.3) is 0 Å². The zero-order valence-corrected chi connectivity index (χ0v) is 11.9. The lowest BCUT2D eigenvalue weighted by atomic mass is 9.84. The van der Waals surface area contributed by atoms with Gasteiger partial charge in [-0.05, 0) is 6.42 Å². The van der Waals surface area contributed by atoms with Gasteiger partial charge < -0.3 is 30.3 Å². The molecule has 1 aliphatic heterocycles. The van der Waals surface area contributed by atoms with Crippen LogP contribution in [-0.4, -0.2) is 76.2 Å². The molecule has 0 saturated carbocycles. The molecule has 1 saturated heterocycles. The number of thioether (sulfide) groups is 1. The van der Waals surface area contributed by atoms with Crippen LogP contribution in [0, 0.1) is 5.41 Å². The van der Waals surface area contributed by atoms with Crippen molar-refractivity contribution in [2.45, 2.75) is 13.3 Å². The van der Waals surface area contributed by atoms with E-state index in [0.717, 1.165) is 31.1 Å². The minimum atomic E-state index is -1.83. The van der Waals surface area contributed by atoms with E-state index in [1.807, 2.05) is 0 Å². The molecule has 7 nitrogen and oxygen atoms in total. The van der Waals surface area contributed by atoms with Gasteiger partial charge in [0.05, 0.1) is 33.0 Å². The fourth-order valence-corrected chi connectivity index (χ4v) is 1.49. The number of carbonyl (C=O) groups is 1. The molecular weight excluding hydrogens is 276 g/mol. The van der Waals surface area contributed by atoms with Gasteiger partial charge in [0.2, 0.25) is 0 Å². The SMILES string of the molecule is CCC1(CO)COC1.O=C(O)O.OCCSCCO. The van der Waals surface area contributed by atoms with Gasteiger partial charge >= 0.3 is 6.16 Å². The van der Waals surface area contributed by atoms with Gasteiger partial charge in [-0.3, -0.25) is 0 Å². The first kappa shape index (κ1) is 20.8. The average Bonchev–Trinajstić information content (AvgIpc) is 2.30. The summed E-state index contributed by atoms with van der Waals surface area (Å²) in [6.45, 7) is 4.29. The van der Waals surface area contributed by atoms with E-state index in [4.69, 9.17) is 35.1 Å². The molecule has 1 fully saturated rings. The van der Waals surface area contributed by atoms with Gasteiger partial charge in [-0.2, -0.15) is 11.8 Å². The molecule has 0 amide bonds. The molecular formula is C11H24O7S. The van der Waals surface area contributed by atoms with Gasteiger partial charge in [0, 0.05) is 16.9 Å². The normalized spacial score (nSPS) is 15.2. The minimum absolute atomic E-state index is 0.139. The zero-order chi connectivity index (χ0) is 15.1.